The van der Waals surface area contributed by atoms with Gasteiger partial charge in [-0.2, -0.15) is 0 Å². The lowest BCUT2D eigenvalue weighted by Crippen LogP contribution is -2.36. The fraction of sp³-hybridized carbons (Fsp3) is 0.190. The van der Waals surface area contributed by atoms with E-state index in [4.69, 9.17) is 16.3 Å². The lowest BCUT2D eigenvalue weighted by molar-refractivity contribution is -0.120. The van der Waals surface area contributed by atoms with Crippen LogP contribution in [-0.4, -0.2) is 36.7 Å². The zero-order valence-corrected chi connectivity index (χ0v) is 16.7. The SMILES string of the molecule is O=C(CNCc1cccc(F)c1Cl)NCCOC(=O)Nc1cc2ccccc2cn1. The topological polar surface area (TPSA) is 92.4 Å². The Bertz CT molecular complexity index is 1050. The average Bonchev–Trinajstić information content (AvgIpc) is 2.74. The highest BCUT2D eigenvalue weighted by molar-refractivity contribution is 6.31. The van der Waals surface area contributed by atoms with E-state index in [1.54, 1.807) is 24.4 Å². The summed E-state index contributed by atoms with van der Waals surface area (Å²) in [6.07, 6.45) is 1.00. The van der Waals surface area contributed by atoms with Crippen LogP contribution in [0.25, 0.3) is 10.8 Å². The molecular weight excluding hydrogens is 411 g/mol. The van der Waals surface area contributed by atoms with E-state index in [0.29, 0.717) is 11.4 Å². The van der Waals surface area contributed by atoms with E-state index in [2.05, 4.69) is 20.9 Å². The summed E-state index contributed by atoms with van der Waals surface area (Å²) in [7, 11) is 0. The summed E-state index contributed by atoms with van der Waals surface area (Å²) < 4.78 is 18.4. The molecule has 0 fully saturated rings. The van der Waals surface area contributed by atoms with Gasteiger partial charge < -0.3 is 15.4 Å². The molecule has 3 rings (SSSR count). The number of hydrogen-bond donors (Lipinski definition) is 3. The maximum atomic E-state index is 13.4. The van der Waals surface area contributed by atoms with Gasteiger partial charge in [-0.25, -0.2) is 14.2 Å². The number of fused-ring (bicyclic) bond motifs is 1. The smallest absolute Gasteiger partial charge is 0.412 e. The van der Waals surface area contributed by atoms with Crippen molar-refractivity contribution >= 4 is 40.2 Å². The fourth-order valence-corrected chi connectivity index (χ4v) is 2.88. The number of halogens is 2. The molecule has 0 aliphatic rings. The number of nitrogens with one attached hydrogen (secondary N) is 3. The second-order valence-electron chi connectivity index (χ2n) is 6.34. The van der Waals surface area contributed by atoms with Gasteiger partial charge in [0.25, 0.3) is 0 Å². The summed E-state index contributed by atoms with van der Waals surface area (Å²) in [5.41, 5.74) is 0.562. The van der Waals surface area contributed by atoms with E-state index in [-0.39, 0.29) is 37.2 Å². The molecule has 0 unspecified atom stereocenters. The molecule has 2 amide bonds. The summed E-state index contributed by atoms with van der Waals surface area (Å²) in [6, 6.07) is 13.9. The molecule has 0 saturated carbocycles. The number of nitrogens with zero attached hydrogens (tertiary/aromatic N) is 1. The highest BCUT2D eigenvalue weighted by atomic mass is 35.5. The van der Waals surface area contributed by atoms with Gasteiger partial charge in [-0.1, -0.05) is 48.0 Å². The van der Waals surface area contributed by atoms with Gasteiger partial charge in [-0.05, 0) is 23.1 Å². The number of ether oxygens (including phenoxy) is 1. The average molecular weight is 431 g/mol. The number of rotatable bonds is 8. The summed E-state index contributed by atoms with van der Waals surface area (Å²) in [4.78, 5) is 27.8. The second kappa shape index (κ2) is 10.5. The van der Waals surface area contributed by atoms with Crippen molar-refractivity contribution in [1.82, 2.24) is 15.6 Å². The van der Waals surface area contributed by atoms with Gasteiger partial charge in [0.15, 0.2) is 0 Å². The van der Waals surface area contributed by atoms with E-state index >= 15 is 0 Å². The minimum absolute atomic E-state index is 0.000872. The van der Waals surface area contributed by atoms with Gasteiger partial charge in [-0.15, -0.1) is 0 Å². The lowest BCUT2D eigenvalue weighted by Gasteiger charge is -2.09. The lowest BCUT2D eigenvalue weighted by atomic mass is 10.2. The van der Waals surface area contributed by atoms with Crippen LogP contribution in [0.1, 0.15) is 5.56 Å². The Morgan fingerprint density at radius 2 is 1.90 bits per heavy atom. The largest absolute Gasteiger partial charge is 0.447 e. The third kappa shape index (κ3) is 6.13. The van der Waals surface area contributed by atoms with Gasteiger partial charge in [0.1, 0.15) is 18.2 Å². The summed E-state index contributed by atoms with van der Waals surface area (Å²) in [6.45, 7) is 0.419. The van der Waals surface area contributed by atoms with Crippen molar-refractivity contribution in [3.8, 4) is 0 Å². The Kier molecular flexibility index (Phi) is 7.53. The molecule has 0 aliphatic carbocycles. The van der Waals surface area contributed by atoms with Crippen molar-refractivity contribution in [2.75, 3.05) is 25.0 Å². The standard InChI is InChI=1S/C21H20ClFN4O3/c22-20-16(6-3-7-17(20)23)11-24-13-19(28)25-8-9-30-21(29)27-18-10-14-4-1-2-5-15(14)12-26-18/h1-7,10,12,24H,8-9,11,13H2,(H,25,28)(H,26,27,29). The molecule has 1 heterocycles. The number of pyridine rings is 1. The maximum absolute atomic E-state index is 13.4. The molecule has 3 aromatic rings. The molecule has 2 aromatic carbocycles. The van der Waals surface area contributed by atoms with Crippen molar-refractivity contribution in [1.29, 1.82) is 0 Å². The van der Waals surface area contributed by atoms with E-state index in [1.807, 2.05) is 24.3 Å². The van der Waals surface area contributed by atoms with Crippen LogP contribution in [0.15, 0.2) is 54.7 Å². The van der Waals surface area contributed by atoms with Gasteiger partial charge in [-0.3, -0.25) is 10.1 Å². The molecule has 7 nitrogen and oxygen atoms in total. The molecule has 0 spiro atoms. The molecule has 30 heavy (non-hydrogen) atoms. The molecule has 0 radical (unpaired) electrons. The van der Waals surface area contributed by atoms with Gasteiger partial charge >= 0.3 is 6.09 Å². The number of carbonyl (C=O) groups is 2. The van der Waals surface area contributed by atoms with Crippen LogP contribution < -0.4 is 16.0 Å². The molecule has 0 atom stereocenters. The summed E-state index contributed by atoms with van der Waals surface area (Å²) in [5.74, 6) is -0.416. The van der Waals surface area contributed by atoms with Gasteiger partial charge in [0.2, 0.25) is 5.91 Å². The van der Waals surface area contributed by atoms with Gasteiger partial charge in [0, 0.05) is 18.1 Å². The quantitative estimate of drug-likeness (QED) is 0.476. The van der Waals surface area contributed by atoms with Gasteiger partial charge in [0.05, 0.1) is 18.1 Å². The van der Waals surface area contributed by atoms with Crippen molar-refractivity contribution < 1.29 is 18.7 Å². The number of hydrogen-bond acceptors (Lipinski definition) is 5. The highest BCUT2D eigenvalue weighted by Gasteiger charge is 2.08. The van der Waals surface area contributed by atoms with Crippen LogP contribution in [-0.2, 0) is 16.1 Å². The first-order chi connectivity index (χ1) is 14.5. The molecule has 9 heteroatoms. The first-order valence-corrected chi connectivity index (χ1v) is 9.59. The van der Waals surface area contributed by atoms with Crippen LogP contribution in [0.5, 0.6) is 0 Å². The first-order valence-electron chi connectivity index (χ1n) is 9.22. The van der Waals surface area contributed by atoms with Crippen LogP contribution in [0, 0.1) is 5.82 Å². The number of aromatic nitrogens is 1. The van der Waals surface area contributed by atoms with Crippen molar-refractivity contribution in [3.05, 3.63) is 71.1 Å². The van der Waals surface area contributed by atoms with Crippen molar-refractivity contribution in [2.45, 2.75) is 6.54 Å². The number of amides is 2. The number of carbonyl (C=O) groups excluding carboxylic acids is 2. The minimum Gasteiger partial charge on any atom is -0.447 e. The Morgan fingerprint density at radius 1 is 1.10 bits per heavy atom. The predicted molar refractivity (Wildman–Crippen MR) is 113 cm³/mol. The number of benzene rings is 2. The third-order valence-corrected chi connectivity index (χ3v) is 4.57. The monoisotopic (exact) mass is 430 g/mol. The molecule has 0 saturated heterocycles. The predicted octanol–water partition coefficient (Wildman–Crippen LogP) is 3.48. The highest BCUT2D eigenvalue weighted by Crippen LogP contribution is 2.19. The maximum Gasteiger partial charge on any atom is 0.412 e. The van der Waals surface area contributed by atoms with E-state index in [0.717, 1.165) is 10.8 Å². The van der Waals surface area contributed by atoms with Crippen LogP contribution in [0.2, 0.25) is 5.02 Å². The third-order valence-electron chi connectivity index (χ3n) is 4.15. The zero-order valence-electron chi connectivity index (χ0n) is 16.0. The van der Waals surface area contributed by atoms with Crippen LogP contribution in [0.4, 0.5) is 15.0 Å². The molecular formula is C21H20ClFN4O3. The van der Waals surface area contributed by atoms with E-state index in [1.165, 1.54) is 6.07 Å². The van der Waals surface area contributed by atoms with Crippen molar-refractivity contribution in [3.63, 3.8) is 0 Å². The molecule has 156 valence electrons. The van der Waals surface area contributed by atoms with Crippen molar-refractivity contribution in [2.24, 2.45) is 0 Å². The van der Waals surface area contributed by atoms with Crippen LogP contribution >= 0.6 is 11.6 Å². The minimum atomic E-state index is -0.661. The van der Waals surface area contributed by atoms with Crippen LogP contribution in [0.3, 0.4) is 0 Å². The molecule has 3 N–H and O–H groups in total. The second-order valence-corrected chi connectivity index (χ2v) is 6.72. The Morgan fingerprint density at radius 3 is 2.73 bits per heavy atom. The summed E-state index contributed by atoms with van der Waals surface area (Å²) in [5, 5.41) is 9.97. The molecule has 0 aliphatic heterocycles. The Labute approximate surface area is 177 Å². The zero-order chi connectivity index (χ0) is 21.3. The number of anilines is 1. The van der Waals surface area contributed by atoms with E-state index in [9.17, 15) is 14.0 Å². The first kappa shape index (κ1) is 21.5. The normalized spacial score (nSPS) is 10.6. The summed E-state index contributed by atoms with van der Waals surface area (Å²) >= 11 is 5.85. The Balaban J connectivity index is 1.32. The van der Waals surface area contributed by atoms with E-state index < -0.39 is 11.9 Å². The Hall–Kier alpha value is -3.23. The molecule has 0 bridgehead atoms. The molecule has 1 aromatic heterocycles. The fourth-order valence-electron chi connectivity index (χ4n) is 2.68.